The van der Waals surface area contributed by atoms with E-state index in [1.54, 1.807) is 12.4 Å². The predicted molar refractivity (Wildman–Crippen MR) is 116 cm³/mol. The van der Waals surface area contributed by atoms with Gasteiger partial charge in [0.2, 0.25) is 5.88 Å². The smallest absolute Gasteiger partial charge is 0.221 e. The average Bonchev–Trinajstić information content (AvgIpc) is 3.27. The number of pyridine rings is 1. The Morgan fingerprint density at radius 1 is 1.30 bits per heavy atom. The zero-order valence-corrected chi connectivity index (χ0v) is 16.7. The van der Waals surface area contributed by atoms with Gasteiger partial charge in [-0.2, -0.15) is 5.10 Å². The molecule has 152 valence electrons. The molecule has 0 unspecified atom stereocenters. The quantitative estimate of drug-likeness (QED) is 0.348. The third-order valence-corrected chi connectivity index (χ3v) is 4.72. The Morgan fingerprint density at radius 3 is 2.93 bits per heavy atom. The molecule has 0 aliphatic carbocycles. The molecular weight excluding hydrogens is 380 g/mol. The number of hydrogen-bond donors (Lipinski definition) is 4. The van der Waals surface area contributed by atoms with Gasteiger partial charge in [-0.05, 0) is 30.9 Å². The maximum absolute atomic E-state index is 8.48. The van der Waals surface area contributed by atoms with Gasteiger partial charge in [-0.1, -0.05) is 18.2 Å². The number of anilines is 2. The number of aromatic amines is 1. The normalized spacial score (nSPS) is 10.9. The number of H-pyrrole nitrogens is 1. The van der Waals surface area contributed by atoms with Crippen LogP contribution in [-0.4, -0.2) is 37.5 Å². The maximum atomic E-state index is 8.48. The topological polar surface area (TPSA) is 138 Å². The molecule has 0 atom stereocenters. The van der Waals surface area contributed by atoms with Gasteiger partial charge >= 0.3 is 0 Å². The first-order valence-electron chi connectivity index (χ1n) is 9.53. The van der Waals surface area contributed by atoms with Gasteiger partial charge in [-0.25, -0.2) is 15.0 Å². The maximum Gasteiger partial charge on any atom is 0.221 e. The number of hydrogen-bond acceptors (Lipinski definition) is 8. The molecule has 0 amide bonds. The minimum atomic E-state index is 0.182. The van der Waals surface area contributed by atoms with E-state index < -0.39 is 0 Å². The lowest BCUT2D eigenvalue weighted by atomic mass is 10.1. The first-order chi connectivity index (χ1) is 14.6. The van der Waals surface area contributed by atoms with E-state index in [-0.39, 0.29) is 11.5 Å². The Balaban J connectivity index is 1.67. The number of nitrogens with zero attached hydrogens (tertiary/aromatic N) is 4. The number of rotatable bonds is 7. The highest BCUT2D eigenvalue weighted by molar-refractivity contribution is 6.15. The summed E-state index contributed by atoms with van der Waals surface area (Å²) >= 11 is 0. The fourth-order valence-electron chi connectivity index (χ4n) is 3.32. The van der Waals surface area contributed by atoms with E-state index in [9.17, 15) is 0 Å². The minimum absolute atomic E-state index is 0.182. The summed E-state index contributed by atoms with van der Waals surface area (Å²) in [5.41, 5.74) is 9.15. The van der Waals surface area contributed by atoms with Crippen molar-refractivity contribution in [1.82, 2.24) is 25.1 Å². The van der Waals surface area contributed by atoms with Gasteiger partial charge in [-0.15, -0.1) is 0 Å². The van der Waals surface area contributed by atoms with Gasteiger partial charge in [0.1, 0.15) is 18.0 Å². The van der Waals surface area contributed by atoms with Crippen molar-refractivity contribution in [2.75, 3.05) is 17.7 Å². The van der Waals surface area contributed by atoms with E-state index >= 15 is 0 Å². The number of nitrogens with two attached hydrogens (primary N) is 1. The van der Waals surface area contributed by atoms with Gasteiger partial charge in [0.15, 0.2) is 0 Å². The van der Waals surface area contributed by atoms with Crippen LogP contribution in [0.2, 0.25) is 0 Å². The van der Waals surface area contributed by atoms with Crippen LogP contribution in [0.1, 0.15) is 29.3 Å². The van der Waals surface area contributed by atoms with E-state index in [2.05, 4.69) is 30.5 Å². The van der Waals surface area contributed by atoms with Gasteiger partial charge in [0.25, 0.3) is 0 Å². The Labute approximate surface area is 173 Å². The molecule has 5 N–H and O–H groups in total. The molecule has 3 aromatic heterocycles. The van der Waals surface area contributed by atoms with Crippen molar-refractivity contribution in [3.05, 3.63) is 65.4 Å². The molecule has 0 saturated heterocycles. The standard InChI is InChI=1S/C21H22N8O/c1-3-30-21-16-12(2)5-4-6-13(16)7-15(29-21)10-24-20-17(19(23)25-11-26-20)18(22)14-8-27-28-9-14/h4-9,11,22H,3,10H2,1-2H3,(H,27,28)(H3,23,24,25,26). The fourth-order valence-corrected chi connectivity index (χ4v) is 3.32. The van der Waals surface area contributed by atoms with Gasteiger partial charge in [-0.3, -0.25) is 10.5 Å². The van der Waals surface area contributed by atoms with E-state index in [1.807, 2.05) is 38.1 Å². The average molecular weight is 402 g/mol. The predicted octanol–water partition coefficient (Wildman–Crippen LogP) is 3.07. The summed E-state index contributed by atoms with van der Waals surface area (Å²) in [7, 11) is 0. The van der Waals surface area contributed by atoms with Crippen LogP contribution in [-0.2, 0) is 6.54 Å². The van der Waals surface area contributed by atoms with Gasteiger partial charge < -0.3 is 15.8 Å². The summed E-state index contributed by atoms with van der Waals surface area (Å²) in [5, 5.41) is 20.4. The highest BCUT2D eigenvalue weighted by atomic mass is 16.5. The number of nitrogen functional groups attached to an aromatic ring is 1. The van der Waals surface area contributed by atoms with Crippen LogP contribution >= 0.6 is 0 Å². The number of ether oxygens (including phenoxy) is 1. The number of fused-ring (bicyclic) bond motifs is 1. The Morgan fingerprint density at radius 2 is 2.17 bits per heavy atom. The molecule has 0 aliphatic rings. The van der Waals surface area contributed by atoms with Crippen LogP contribution in [0.4, 0.5) is 11.6 Å². The molecule has 0 saturated carbocycles. The van der Waals surface area contributed by atoms with E-state index in [1.165, 1.54) is 6.33 Å². The lowest BCUT2D eigenvalue weighted by Gasteiger charge is -2.14. The number of aromatic nitrogens is 5. The molecule has 0 radical (unpaired) electrons. The molecule has 0 aliphatic heterocycles. The van der Waals surface area contributed by atoms with E-state index in [0.717, 1.165) is 22.0 Å². The van der Waals surface area contributed by atoms with E-state index in [4.69, 9.17) is 15.9 Å². The fraction of sp³-hybridized carbons (Fsp3) is 0.190. The molecule has 1 aromatic carbocycles. The second-order valence-electron chi connectivity index (χ2n) is 6.72. The van der Waals surface area contributed by atoms with Crippen LogP contribution in [0.15, 0.2) is 43.0 Å². The largest absolute Gasteiger partial charge is 0.478 e. The second-order valence-corrected chi connectivity index (χ2v) is 6.72. The summed E-state index contributed by atoms with van der Waals surface area (Å²) in [6.07, 6.45) is 4.55. The van der Waals surface area contributed by atoms with E-state index in [0.29, 0.717) is 36.0 Å². The van der Waals surface area contributed by atoms with Crippen molar-refractivity contribution in [2.24, 2.45) is 0 Å². The molecule has 9 heteroatoms. The van der Waals surface area contributed by atoms with Crippen molar-refractivity contribution in [3.63, 3.8) is 0 Å². The lowest BCUT2D eigenvalue weighted by molar-refractivity contribution is 0.330. The molecule has 4 rings (SSSR count). The first kappa shape index (κ1) is 19.3. The van der Waals surface area contributed by atoms with Crippen molar-refractivity contribution in [2.45, 2.75) is 20.4 Å². The van der Waals surface area contributed by atoms with Crippen molar-refractivity contribution in [3.8, 4) is 5.88 Å². The second kappa shape index (κ2) is 8.16. The molecule has 0 fully saturated rings. The Kier molecular flexibility index (Phi) is 5.25. The summed E-state index contributed by atoms with van der Waals surface area (Å²) in [4.78, 5) is 13.0. The number of nitrogens with one attached hydrogen (secondary N) is 3. The molecule has 0 bridgehead atoms. The van der Waals surface area contributed by atoms with Crippen LogP contribution < -0.4 is 15.8 Å². The number of aryl methyl sites for hydroxylation is 1. The lowest BCUT2D eigenvalue weighted by Crippen LogP contribution is -2.14. The van der Waals surface area contributed by atoms with Crippen LogP contribution in [0.3, 0.4) is 0 Å². The Bertz CT molecular complexity index is 1200. The van der Waals surface area contributed by atoms with Gasteiger partial charge in [0.05, 0.1) is 36.3 Å². The Hall–Kier alpha value is -4.01. The SMILES string of the molecule is CCOc1nc(CNc2ncnc(N)c2C(=N)c2cn[nH]c2)cc2cccc(C)c12. The van der Waals surface area contributed by atoms with Crippen LogP contribution in [0.5, 0.6) is 5.88 Å². The minimum Gasteiger partial charge on any atom is -0.478 e. The zero-order chi connectivity index (χ0) is 21.1. The van der Waals surface area contributed by atoms with Crippen LogP contribution in [0, 0.1) is 12.3 Å². The molecule has 9 nitrogen and oxygen atoms in total. The third kappa shape index (κ3) is 3.64. The zero-order valence-electron chi connectivity index (χ0n) is 16.7. The highest BCUT2D eigenvalue weighted by Gasteiger charge is 2.17. The highest BCUT2D eigenvalue weighted by Crippen LogP contribution is 2.28. The summed E-state index contributed by atoms with van der Waals surface area (Å²) in [5.74, 6) is 1.28. The van der Waals surface area contributed by atoms with Gasteiger partial charge in [0, 0.05) is 17.1 Å². The summed E-state index contributed by atoms with van der Waals surface area (Å²) in [6, 6.07) is 8.12. The van der Waals surface area contributed by atoms with Crippen molar-refractivity contribution in [1.29, 1.82) is 5.41 Å². The molecule has 4 aromatic rings. The summed E-state index contributed by atoms with van der Waals surface area (Å²) < 4.78 is 5.79. The molecule has 3 heterocycles. The van der Waals surface area contributed by atoms with Crippen LogP contribution in [0.25, 0.3) is 10.8 Å². The monoisotopic (exact) mass is 402 g/mol. The first-order valence-corrected chi connectivity index (χ1v) is 9.53. The molecular formula is C21H22N8O. The number of benzene rings is 1. The molecule has 30 heavy (non-hydrogen) atoms. The van der Waals surface area contributed by atoms with Crippen molar-refractivity contribution < 1.29 is 4.74 Å². The third-order valence-electron chi connectivity index (χ3n) is 4.72. The molecule has 0 spiro atoms. The van der Waals surface area contributed by atoms with Crippen molar-refractivity contribution >= 4 is 28.1 Å². The summed E-state index contributed by atoms with van der Waals surface area (Å²) in [6.45, 7) is 4.89.